The van der Waals surface area contributed by atoms with Crippen LogP contribution in [0.5, 0.6) is 0 Å². The number of hydrogen-bond acceptors (Lipinski definition) is 2. The second kappa shape index (κ2) is 6.56. The molecule has 2 heterocycles. The number of carbonyl (C=O) groups excluding carboxylic acids is 1. The molecule has 2 aromatic rings. The molecular weight excluding hydrogens is 332 g/mol. The van der Waals surface area contributed by atoms with Crippen molar-refractivity contribution in [3.05, 3.63) is 76.9 Å². The van der Waals surface area contributed by atoms with Crippen molar-refractivity contribution < 1.29 is 4.79 Å². The lowest BCUT2D eigenvalue weighted by molar-refractivity contribution is 0.0792. The van der Waals surface area contributed by atoms with E-state index in [4.69, 9.17) is 0 Å². The van der Waals surface area contributed by atoms with Crippen LogP contribution in [0.25, 0.3) is 0 Å². The van der Waals surface area contributed by atoms with Crippen molar-refractivity contribution in [2.24, 2.45) is 5.92 Å². The van der Waals surface area contributed by atoms with Crippen LogP contribution in [0, 0.1) is 12.8 Å². The molecule has 3 nitrogen and oxygen atoms in total. The molecular formula is C24H26N2O. The van der Waals surface area contributed by atoms with Crippen LogP contribution in [0.3, 0.4) is 0 Å². The minimum absolute atomic E-state index is 0.189. The highest BCUT2D eigenvalue weighted by Gasteiger charge is 2.38. The van der Waals surface area contributed by atoms with Crippen LogP contribution in [-0.2, 0) is 0 Å². The smallest absolute Gasteiger partial charge is 0.253 e. The molecule has 0 radical (unpaired) electrons. The van der Waals surface area contributed by atoms with Crippen molar-refractivity contribution in [1.82, 2.24) is 4.90 Å². The number of allylic oxidation sites excluding steroid dienone is 2. The van der Waals surface area contributed by atoms with E-state index in [0.717, 1.165) is 37.9 Å². The summed E-state index contributed by atoms with van der Waals surface area (Å²) in [6.07, 6.45) is 7.99. The number of likely N-dealkylation sites (tertiary alicyclic amines) is 1. The van der Waals surface area contributed by atoms with Crippen LogP contribution in [0.15, 0.2) is 54.6 Å². The highest BCUT2D eigenvalue weighted by Crippen LogP contribution is 2.50. The molecule has 1 aliphatic carbocycles. The van der Waals surface area contributed by atoms with Crippen LogP contribution in [0.1, 0.15) is 58.3 Å². The Bertz CT molecular complexity index is 910. The topological polar surface area (TPSA) is 32.3 Å². The SMILES string of the molecule is Cc1cccc(C2Nc3ccc(C(=O)N4CCCC4)cc3C3C=CCC32)c1. The monoisotopic (exact) mass is 358 g/mol. The molecule has 0 bridgehead atoms. The molecule has 2 aliphatic heterocycles. The molecule has 3 aliphatic rings. The Morgan fingerprint density at radius 1 is 1.11 bits per heavy atom. The molecule has 0 aromatic heterocycles. The van der Waals surface area contributed by atoms with E-state index in [2.05, 4.69) is 60.8 Å². The Labute approximate surface area is 161 Å². The first-order chi connectivity index (χ1) is 13.2. The summed E-state index contributed by atoms with van der Waals surface area (Å²) in [6, 6.07) is 15.4. The predicted molar refractivity (Wildman–Crippen MR) is 109 cm³/mol. The molecule has 27 heavy (non-hydrogen) atoms. The molecule has 3 atom stereocenters. The van der Waals surface area contributed by atoms with Crippen LogP contribution >= 0.6 is 0 Å². The fourth-order valence-electron chi connectivity index (χ4n) is 5.02. The zero-order chi connectivity index (χ0) is 18.4. The van der Waals surface area contributed by atoms with E-state index in [0.29, 0.717) is 17.9 Å². The lowest BCUT2D eigenvalue weighted by Crippen LogP contribution is -2.30. The second-order valence-electron chi connectivity index (χ2n) is 8.19. The van der Waals surface area contributed by atoms with Crippen molar-refractivity contribution in [3.63, 3.8) is 0 Å². The lowest BCUT2D eigenvalue weighted by atomic mass is 9.76. The highest BCUT2D eigenvalue weighted by molar-refractivity contribution is 5.95. The van der Waals surface area contributed by atoms with Gasteiger partial charge in [0.1, 0.15) is 0 Å². The molecule has 3 unspecified atom stereocenters. The lowest BCUT2D eigenvalue weighted by Gasteiger charge is -2.38. The van der Waals surface area contributed by atoms with Crippen molar-refractivity contribution in [3.8, 4) is 0 Å². The summed E-state index contributed by atoms with van der Waals surface area (Å²) in [6.45, 7) is 3.95. The standard InChI is InChI=1S/C24H26N2O/c1-16-6-4-7-17(14-16)23-20-9-5-8-19(20)21-15-18(10-11-22(21)25-23)24(27)26-12-2-3-13-26/h4-8,10-11,14-15,19-20,23,25H,2-3,9,12-13H2,1H3. The molecule has 138 valence electrons. The minimum Gasteiger partial charge on any atom is -0.378 e. The first kappa shape index (κ1) is 16.6. The number of rotatable bonds is 2. The van der Waals surface area contributed by atoms with E-state index >= 15 is 0 Å². The third-order valence-corrected chi connectivity index (χ3v) is 6.40. The molecule has 2 aromatic carbocycles. The maximum Gasteiger partial charge on any atom is 0.253 e. The Morgan fingerprint density at radius 2 is 1.96 bits per heavy atom. The highest BCUT2D eigenvalue weighted by atomic mass is 16.2. The summed E-state index contributed by atoms with van der Waals surface area (Å²) >= 11 is 0. The van der Waals surface area contributed by atoms with Gasteiger partial charge in [-0.2, -0.15) is 0 Å². The summed E-state index contributed by atoms with van der Waals surface area (Å²) in [5, 5.41) is 3.78. The van der Waals surface area contributed by atoms with Crippen LogP contribution in [0.2, 0.25) is 0 Å². The Kier molecular flexibility index (Phi) is 4.04. The summed E-state index contributed by atoms with van der Waals surface area (Å²) in [5.41, 5.74) is 5.95. The Hall–Kier alpha value is -2.55. The Morgan fingerprint density at radius 3 is 2.78 bits per heavy atom. The van der Waals surface area contributed by atoms with E-state index in [1.165, 1.54) is 22.4 Å². The molecule has 0 saturated carbocycles. The molecule has 3 heteroatoms. The number of hydrogen-bond donors (Lipinski definition) is 1. The molecule has 5 rings (SSSR count). The fraction of sp³-hybridized carbons (Fsp3) is 0.375. The van der Waals surface area contributed by atoms with Gasteiger partial charge >= 0.3 is 0 Å². The van der Waals surface area contributed by atoms with E-state index in [-0.39, 0.29) is 5.91 Å². The van der Waals surface area contributed by atoms with Crippen LogP contribution in [0.4, 0.5) is 5.69 Å². The van der Waals surface area contributed by atoms with Gasteiger partial charge in [-0.05, 0) is 61.4 Å². The average Bonchev–Trinajstić information content (AvgIpc) is 3.38. The third-order valence-electron chi connectivity index (χ3n) is 6.40. The second-order valence-corrected chi connectivity index (χ2v) is 8.19. The quantitative estimate of drug-likeness (QED) is 0.761. The van der Waals surface area contributed by atoms with E-state index < -0.39 is 0 Å². The van der Waals surface area contributed by atoms with Gasteiger partial charge in [0, 0.05) is 30.3 Å². The average molecular weight is 358 g/mol. The van der Waals surface area contributed by atoms with Gasteiger partial charge in [0.25, 0.3) is 5.91 Å². The zero-order valence-electron chi connectivity index (χ0n) is 15.8. The zero-order valence-corrected chi connectivity index (χ0v) is 15.8. The number of nitrogens with zero attached hydrogens (tertiary/aromatic N) is 1. The van der Waals surface area contributed by atoms with Gasteiger partial charge in [0.2, 0.25) is 0 Å². The fourth-order valence-corrected chi connectivity index (χ4v) is 5.02. The molecule has 1 saturated heterocycles. The Balaban J connectivity index is 1.50. The number of amides is 1. The van der Waals surface area contributed by atoms with Gasteiger partial charge in [-0.15, -0.1) is 0 Å². The number of fused-ring (bicyclic) bond motifs is 3. The van der Waals surface area contributed by atoms with Crippen molar-refractivity contribution in [2.75, 3.05) is 18.4 Å². The normalized spacial score (nSPS) is 25.8. The number of carbonyl (C=O) groups is 1. The van der Waals surface area contributed by atoms with Gasteiger partial charge in [0.05, 0.1) is 6.04 Å². The van der Waals surface area contributed by atoms with Gasteiger partial charge in [-0.3, -0.25) is 4.79 Å². The van der Waals surface area contributed by atoms with E-state index in [9.17, 15) is 4.79 Å². The molecule has 1 fully saturated rings. The molecule has 1 amide bonds. The molecule has 1 N–H and O–H groups in total. The van der Waals surface area contributed by atoms with Gasteiger partial charge in [0.15, 0.2) is 0 Å². The summed E-state index contributed by atoms with van der Waals surface area (Å²) in [7, 11) is 0. The van der Waals surface area contributed by atoms with E-state index in [1.54, 1.807) is 0 Å². The predicted octanol–water partition coefficient (Wildman–Crippen LogP) is 5.06. The number of nitrogens with one attached hydrogen (secondary N) is 1. The number of aryl methyl sites for hydroxylation is 1. The van der Waals surface area contributed by atoms with Gasteiger partial charge in [-0.1, -0.05) is 42.0 Å². The summed E-state index contributed by atoms with van der Waals surface area (Å²) in [5.74, 6) is 1.09. The third kappa shape index (κ3) is 2.86. The van der Waals surface area contributed by atoms with E-state index in [1.807, 2.05) is 11.0 Å². The number of anilines is 1. The maximum atomic E-state index is 12.8. The van der Waals surface area contributed by atoms with Crippen molar-refractivity contribution in [2.45, 2.75) is 38.1 Å². The van der Waals surface area contributed by atoms with Crippen LogP contribution < -0.4 is 5.32 Å². The first-order valence-corrected chi connectivity index (χ1v) is 10.1. The summed E-state index contributed by atoms with van der Waals surface area (Å²) in [4.78, 5) is 14.8. The summed E-state index contributed by atoms with van der Waals surface area (Å²) < 4.78 is 0. The largest absolute Gasteiger partial charge is 0.378 e. The maximum absolute atomic E-state index is 12.8. The van der Waals surface area contributed by atoms with Gasteiger partial charge in [-0.25, -0.2) is 0 Å². The number of benzene rings is 2. The minimum atomic E-state index is 0.189. The van der Waals surface area contributed by atoms with Crippen molar-refractivity contribution >= 4 is 11.6 Å². The van der Waals surface area contributed by atoms with Crippen LogP contribution in [-0.4, -0.2) is 23.9 Å². The van der Waals surface area contributed by atoms with Gasteiger partial charge < -0.3 is 10.2 Å². The molecule has 0 spiro atoms. The first-order valence-electron chi connectivity index (χ1n) is 10.1. The van der Waals surface area contributed by atoms with Crippen molar-refractivity contribution in [1.29, 1.82) is 0 Å².